The van der Waals surface area contributed by atoms with Gasteiger partial charge in [-0.2, -0.15) is 0 Å². The van der Waals surface area contributed by atoms with E-state index in [0.29, 0.717) is 17.7 Å². The van der Waals surface area contributed by atoms with Crippen molar-refractivity contribution in [3.63, 3.8) is 0 Å². The van der Waals surface area contributed by atoms with E-state index in [1.165, 1.54) is 19.3 Å². The second-order valence-corrected chi connectivity index (χ2v) is 6.89. The molecule has 4 atom stereocenters. The van der Waals surface area contributed by atoms with Crippen LogP contribution in [0.15, 0.2) is 0 Å². The molecule has 3 aliphatic carbocycles. The molecule has 3 saturated carbocycles. The predicted octanol–water partition coefficient (Wildman–Crippen LogP) is 3.19. The topological polar surface area (TPSA) is 29.1 Å². The Hall–Kier alpha value is -0.240. The molecule has 0 aromatic rings. The zero-order valence-electron chi connectivity index (χ0n) is 11.4. The summed E-state index contributed by atoms with van der Waals surface area (Å²) in [6, 6.07) is 0. The fourth-order valence-corrected chi connectivity index (χ4v) is 5.11. The second kappa shape index (κ2) is 4.40. The average Bonchev–Trinajstić information content (AvgIpc) is 2.85. The highest BCUT2D eigenvalue weighted by atomic mass is 35.5. The Kier molecular flexibility index (Phi) is 3.12. The molecule has 0 saturated heterocycles. The Morgan fingerprint density at radius 3 is 2.22 bits per heavy atom. The van der Waals surface area contributed by atoms with Crippen molar-refractivity contribution in [3.05, 3.63) is 0 Å². The number of amides is 1. The summed E-state index contributed by atoms with van der Waals surface area (Å²) < 4.78 is 0. The lowest BCUT2D eigenvalue weighted by atomic mass is 9.94. The van der Waals surface area contributed by atoms with Crippen molar-refractivity contribution in [2.45, 2.75) is 51.5 Å². The number of carbonyl (C=O) groups excluding carboxylic acids is 1. The Bertz CT molecular complexity index is 328. The highest BCUT2D eigenvalue weighted by Crippen LogP contribution is 2.69. The number of nitrogens with one attached hydrogen (secondary N) is 1. The maximum atomic E-state index is 12.5. The van der Waals surface area contributed by atoms with Gasteiger partial charge in [-0.15, -0.1) is 11.6 Å². The first-order valence-electron chi connectivity index (χ1n) is 7.53. The highest BCUT2D eigenvalue weighted by molar-refractivity contribution is 6.18. The van der Waals surface area contributed by atoms with Crippen LogP contribution in [0.4, 0.5) is 0 Å². The van der Waals surface area contributed by atoms with E-state index >= 15 is 0 Å². The first kappa shape index (κ1) is 12.8. The quantitative estimate of drug-likeness (QED) is 0.763. The van der Waals surface area contributed by atoms with E-state index in [4.69, 9.17) is 11.6 Å². The minimum Gasteiger partial charge on any atom is -0.349 e. The number of rotatable bonds is 5. The van der Waals surface area contributed by atoms with Crippen LogP contribution in [0.25, 0.3) is 0 Å². The molecule has 0 radical (unpaired) electrons. The molecule has 2 bridgehead atoms. The molecule has 3 rings (SSSR count). The van der Waals surface area contributed by atoms with Gasteiger partial charge in [-0.3, -0.25) is 4.79 Å². The lowest BCUT2D eigenvalue weighted by molar-refractivity contribution is -0.125. The van der Waals surface area contributed by atoms with E-state index in [2.05, 4.69) is 19.2 Å². The molecule has 0 aromatic heterocycles. The maximum Gasteiger partial charge on any atom is 0.224 e. The lowest BCUT2D eigenvalue weighted by Crippen LogP contribution is -2.50. The van der Waals surface area contributed by atoms with Gasteiger partial charge >= 0.3 is 0 Å². The molecule has 4 unspecified atom stereocenters. The third-order valence-electron chi connectivity index (χ3n) is 6.04. The summed E-state index contributed by atoms with van der Waals surface area (Å²) in [6.07, 6.45) is 6.00. The molecule has 0 aromatic carbocycles. The first-order valence-corrected chi connectivity index (χ1v) is 8.07. The van der Waals surface area contributed by atoms with E-state index < -0.39 is 0 Å². The fourth-order valence-electron chi connectivity index (χ4n) is 4.67. The van der Waals surface area contributed by atoms with Crippen LogP contribution in [-0.2, 0) is 4.79 Å². The van der Waals surface area contributed by atoms with Crippen LogP contribution >= 0.6 is 11.6 Å². The van der Waals surface area contributed by atoms with Crippen molar-refractivity contribution in [2.75, 3.05) is 5.88 Å². The van der Waals surface area contributed by atoms with Gasteiger partial charge in [-0.05, 0) is 55.8 Å². The van der Waals surface area contributed by atoms with E-state index in [1.807, 2.05) is 0 Å². The summed E-state index contributed by atoms with van der Waals surface area (Å²) in [6.45, 7) is 4.23. The van der Waals surface area contributed by atoms with Crippen LogP contribution in [0, 0.1) is 29.6 Å². The van der Waals surface area contributed by atoms with E-state index in [9.17, 15) is 4.79 Å². The average molecular weight is 270 g/mol. The molecule has 0 aliphatic heterocycles. The number of hydrogen-bond donors (Lipinski definition) is 1. The molecule has 102 valence electrons. The minimum atomic E-state index is -0.172. The van der Waals surface area contributed by atoms with Crippen LogP contribution in [0.5, 0.6) is 0 Å². The molecule has 3 fully saturated rings. The van der Waals surface area contributed by atoms with E-state index in [0.717, 1.165) is 36.5 Å². The monoisotopic (exact) mass is 269 g/mol. The summed E-state index contributed by atoms with van der Waals surface area (Å²) in [7, 11) is 0. The number of hydrogen-bond acceptors (Lipinski definition) is 1. The summed E-state index contributed by atoms with van der Waals surface area (Å²) in [5.74, 6) is 4.34. The summed E-state index contributed by atoms with van der Waals surface area (Å²) in [5, 5.41) is 3.27. The zero-order chi connectivity index (χ0) is 12.9. The van der Waals surface area contributed by atoms with Gasteiger partial charge in [0, 0.05) is 11.8 Å². The van der Waals surface area contributed by atoms with Crippen molar-refractivity contribution in [1.29, 1.82) is 0 Å². The third-order valence-corrected chi connectivity index (χ3v) is 6.55. The molecule has 1 amide bonds. The largest absolute Gasteiger partial charge is 0.349 e. The van der Waals surface area contributed by atoms with Crippen LogP contribution in [0.2, 0.25) is 0 Å². The van der Waals surface area contributed by atoms with Gasteiger partial charge in [0.1, 0.15) is 0 Å². The van der Waals surface area contributed by atoms with E-state index in [1.54, 1.807) is 0 Å². The minimum absolute atomic E-state index is 0.172. The molecule has 1 N–H and O–H groups in total. The first-order chi connectivity index (χ1) is 8.65. The van der Waals surface area contributed by atoms with Crippen LogP contribution < -0.4 is 5.32 Å². The SMILES string of the molecule is CCC(CC)(CCl)NC(=O)C1C2C3CCC(C3)C12. The van der Waals surface area contributed by atoms with Crippen molar-refractivity contribution in [2.24, 2.45) is 29.6 Å². The summed E-state index contributed by atoms with van der Waals surface area (Å²) in [4.78, 5) is 12.5. The number of alkyl halides is 1. The van der Waals surface area contributed by atoms with Gasteiger partial charge in [-0.1, -0.05) is 13.8 Å². The number of halogens is 1. The number of fused-ring (bicyclic) bond motifs is 5. The van der Waals surface area contributed by atoms with Gasteiger partial charge in [0.15, 0.2) is 0 Å². The van der Waals surface area contributed by atoms with Gasteiger partial charge in [0.25, 0.3) is 0 Å². The molecule has 0 spiro atoms. The molecule has 18 heavy (non-hydrogen) atoms. The van der Waals surface area contributed by atoms with E-state index in [-0.39, 0.29) is 5.54 Å². The molecule has 3 aliphatic rings. The van der Waals surface area contributed by atoms with Gasteiger partial charge < -0.3 is 5.32 Å². The third kappa shape index (κ3) is 1.71. The van der Waals surface area contributed by atoms with Crippen LogP contribution in [-0.4, -0.2) is 17.3 Å². The second-order valence-electron chi connectivity index (χ2n) is 6.62. The van der Waals surface area contributed by atoms with Gasteiger partial charge in [-0.25, -0.2) is 0 Å². The Morgan fingerprint density at radius 1 is 1.22 bits per heavy atom. The standard InChI is InChI=1S/C15H24ClNO/c1-3-15(4-2,8-16)17-14(18)13-11-9-5-6-10(7-9)12(11)13/h9-13H,3-8H2,1-2H3,(H,17,18). The smallest absolute Gasteiger partial charge is 0.224 e. The molecular weight excluding hydrogens is 246 g/mol. The predicted molar refractivity (Wildman–Crippen MR) is 73.5 cm³/mol. The van der Waals surface area contributed by atoms with Crippen LogP contribution in [0.3, 0.4) is 0 Å². The zero-order valence-corrected chi connectivity index (χ0v) is 12.2. The Morgan fingerprint density at radius 2 is 1.78 bits per heavy atom. The van der Waals surface area contributed by atoms with Crippen molar-refractivity contribution in [1.82, 2.24) is 5.32 Å². The highest BCUT2D eigenvalue weighted by Gasteiger charge is 2.67. The Balaban J connectivity index is 1.64. The normalized spacial score (nSPS) is 40.7. The molecular formula is C15H24ClNO. The van der Waals surface area contributed by atoms with Crippen molar-refractivity contribution < 1.29 is 4.79 Å². The lowest BCUT2D eigenvalue weighted by Gasteiger charge is -2.31. The van der Waals surface area contributed by atoms with Gasteiger partial charge in [0.2, 0.25) is 5.91 Å². The summed E-state index contributed by atoms with van der Waals surface area (Å²) in [5.41, 5.74) is -0.172. The van der Waals surface area contributed by atoms with Crippen LogP contribution in [0.1, 0.15) is 46.0 Å². The summed E-state index contributed by atoms with van der Waals surface area (Å²) >= 11 is 6.07. The van der Waals surface area contributed by atoms with Gasteiger partial charge in [0.05, 0.1) is 5.54 Å². The van der Waals surface area contributed by atoms with Crippen molar-refractivity contribution in [3.8, 4) is 0 Å². The number of carbonyl (C=O) groups is 1. The maximum absolute atomic E-state index is 12.5. The molecule has 2 nitrogen and oxygen atoms in total. The molecule has 3 heteroatoms. The van der Waals surface area contributed by atoms with Crippen molar-refractivity contribution >= 4 is 17.5 Å². The Labute approximate surface area is 115 Å². The molecule has 0 heterocycles. The fraction of sp³-hybridized carbons (Fsp3) is 0.933.